The van der Waals surface area contributed by atoms with Crippen LogP contribution in [0.3, 0.4) is 0 Å². The summed E-state index contributed by atoms with van der Waals surface area (Å²) in [6, 6.07) is 0. The maximum absolute atomic E-state index is 2.42. The number of fused-ring (bicyclic) bond motifs is 1. The van der Waals surface area contributed by atoms with Crippen LogP contribution < -0.4 is 0 Å². The van der Waals surface area contributed by atoms with Crippen molar-refractivity contribution < 1.29 is 0 Å². The molecule has 2 aliphatic carbocycles. The third-order valence-electron chi connectivity index (χ3n) is 5.62. The Morgan fingerprint density at radius 1 is 1.00 bits per heavy atom. The van der Waals surface area contributed by atoms with Crippen molar-refractivity contribution in [2.24, 2.45) is 29.1 Å². The average Bonchev–Trinajstić information content (AvgIpc) is 2.19. The maximum Gasteiger partial charge on any atom is -0.0233 e. The van der Waals surface area contributed by atoms with E-state index in [0.29, 0.717) is 0 Å². The molecule has 0 aliphatic heterocycles. The van der Waals surface area contributed by atoms with E-state index < -0.39 is 0 Å². The Kier molecular flexibility index (Phi) is 2.66. The highest BCUT2D eigenvalue weighted by Crippen LogP contribution is 2.74. The van der Waals surface area contributed by atoms with E-state index >= 15 is 0 Å². The molecule has 0 N–H and O–H groups in total. The van der Waals surface area contributed by atoms with E-state index in [1.807, 2.05) is 0 Å². The first-order chi connectivity index (χ1) is 6.75. The van der Waals surface area contributed by atoms with Gasteiger partial charge in [0.15, 0.2) is 0 Å². The van der Waals surface area contributed by atoms with Crippen molar-refractivity contribution in [2.75, 3.05) is 0 Å². The van der Waals surface area contributed by atoms with Gasteiger partial charge in [-0.15, -0.1) is 0 Å². The molecule has 0 amide bonds. The zero-order chi connectivity index (χ0) is 10.3. The van der Waals surface area contributed by atoms with Crippen LogP contribution in [0.25, 0.3) is 0 Å². The van der Waals surface area contributed by atoms with Gasteiger partial charge in [0.05, 0.1) is 0 Å². The lowest BCUT2D eigenvalue weighted by Gasteiger charge is -2.73. The lowest BCUT2D eigenvalue weighted by atomic mass is 9.32. The smallest absolute Gasteiger partial charge is 0.0233 e. The topological polar surface area (TPSA) is 0 Å². The maximum atomic E-state index is 2.42. The first-order valence-corrected chi connectivity index (χ1v) is 6.75. The second-order valence-electron chi connectivity index (χ2n) is 5.57. The second kappa shape index (κ2) is 3.54. The summed E-state index contributed by atoms with van der Waals surface area (Å²) in [7, 11) is 0. The molecule has 0 saturated heterocycles. The Hall–Kier alpha value is 0. The molecular weight excluding hydrogens is 168 g/mol. The van der Waals surface area contributed by atoms with Crippen LogP contribution in [0, 0.1) is 29.1 Å². The minimum Gasteiger partial charge on any atom is -0.0651 e. The molecule has 0 spiro atoms. The fourth-order valence-corrected chi connectivity index (χ4v) is 5.08. The van der Waals surface area contributed by atoms with Gasteiger partial charge in [-0.05, 0) is 41.9 Å². The van der Waals surface area contributed by atoms with Crippen molar-refractivity contribution in [3.8, 4) is 0 Å². The molecule has 2 fully saturated rings. The van der Waals surface area contributed by atoms with Gasteiger partial charge < -0.3 is 0 Å². The van der Waals surface area contributed by atoms with Crippen LogP contribution in [-0.4, -0.2) is 0 Å². The van der Waals surface area contributed by atoms with E-state index in [4.69, 9.17) is 0 Å². The van der Waals surface area contributed by atoms with Gasteiger partial charge in [-0.2, -0.15) is 0 Å². The lowest BCUT2D eigenvalue weighted by molar-refractivity contribution is -0.247. The minimum absolute atomic E-state index is 0.816. The first kappa shape index (κ1) is 10.5. The first-order valence-electron chi connectivity index (χ1n) is 6.75. The fourth-order valence-electron chi connectivity index (χ4n) is 5.08. The molecule has 0 radical (unpaired) electrons. The largest absolute Gasteiger partial charge is 0.0651 e. The third kappa shape index (κ3) is 1.01. The summed E-state index contributed by atoms with van der Waals surface area (Å²) in [5.74, 6) is 4.36. The standard InChI is InChI=1S/C14H26/c1-5-10-9-14(8-4)12(7-3)11(6-2)13(10)14/h10-13H,5-9H2,1-4H3. The van der Waals surface area contributed by atoms with Crippen molar-refractivity contribution in [2.45, 2.75) is 59.8 Å². The Morgan fingerprint density at radius 2 is 1.71 bits per heavy atom. The van der Waals surface area contributed by atoms with E-state index in [2.05, 4.69) is 27.7 Å². The number of hydrogen-bond acceptors (Lipinski definition) is 0. The zero-order valence-corrected chi connectivity index (χ0v) is 10.3. The van der Waals surface area contributed by atoms with Crippen LogP contribution >= 0.6 is 0 Å². The predicted octanol–water partition coefficient (Wildman–Crippen LogP) is 4.49. The Bertz CT molecular complexity index is 208. The SMILES string of the molecule is CCC1CC2(CC)C(CC)C(CC)C12. The molecule has 2 aliphatic rings. The number of rotatable bonds is 4. The molecule has 5 unspecified atom stereocenters. The lowest BCUT2D eigenvalue weighted by Crippen LogP contribution is -2.66. The highest BCUT2D eigenvalue weighted by atomic mass is 14.7. The fraction of sp³-hybridized carbons (Fsp3) is 1.00. The van der Waals surface area contributed by atoms with Crippen LogP contribution in [0.15, 0.2) is 0 Å². The zero-order valence-electron chi connectivity index (χ0n) is 10.3. The predicted molar refractivity (Wildman–Crippen MR) is 62.2 cm³/mol. The van der Waals surface area contributed by atoms with Crippen molar-refractivity contribution in [1.82, 2.24) is 0 Å². The van der Waals surface area contributed by atoms with Crippen LogP contribution in [0.4, 0.5) is 0 Å². The molecule has 14 heavy (non-hydrogen) atoms. The van der Waals surface area contributed by atoms with Gasteiger partial charge in [0, 0.05) is 0 Å². The average molecular weight is 194 g/mol. The van der Waals surface area contributed by atoms with E-state index in [0.717, 1.165) is 29.1 Å². The molecule has 82 valence electrons. The quantitative estimate of drug-likeness (QED) is 0.618. The van der Waals surface area contributed by atoms with Crippen LogP contribution in [0.2, 0.25) is 0 Å². The summed E-state index contributed by atoms with van der Waals surface area (Å²) in [6.45, 7) is 9.61. The van der Waals surface area contributed by atoms with Gasteiger partial charge >= 0.3 is 0 Å². The van der Waals surface area contributed by atoms with Crippen molar-refractivity contribution >= 4 is 0 Å². The normalized spacial score (nSPS) is 50.6. The Balaban J connectivity index is 2.10. The van der Waals surface area contributed by atoms with Crippen LogP contribution in [0.5, 0.6) is 0 Å². The van der Waals surface area contributed by atoms with Gasteiger partial charge in [0.25, 0.3) is 0 Å². The van der Waals surface area contributed by atoms with Crippen molar-refractivity contribution in [3.05, 3.63) is 0 Å². The summed E-state index contributed by atoms with van der Waals surface area (Å²) in [5, 5.41) is 0. The molecule has 5 atom stereocenters. The summed E-state index contributed by atoms with van der Waals surface area (Å²) >= 11 is 0. The van der Waals surface area contributed by atoms with Crippen LogP contribution in [-0.2, 0) is 0 Å². The molecule has 2 rings (SSSR count). The molecule has 0 aromatic heterocycles. The summed E-state index contributed by atoms with van der Waals surface area (Å²) in [4.78, 5) is 0. The molecule has 2 saturated carbocycles. The van der Waals surface area contributed by atoms with Gasteiger partial charge in [-0.25, -0.2) is 0 Å². The molecule has 0 nitrogen and oxygen atoms in total. The molecule has 0 heteroatoms. The highest BCUT2D eigenvalue weighted by molar-refractivity contribution is 5.15. The summed E-state index contributed by atoms with van der Waals surface area (Å²) in [6.07, 6.45) is 7.29. The number of hydrogen-bond donors (Lipinski definition) is 0. The van der Waals surface area contributed by atoms with Gasteiger partial charge in [0.1, 0.15) is 0 Å². The van der Waals surface area contributed by atoms with Gasteiger partial charge in [-0.3, -0.25) is 0 Å². The van der Waals surface area contributed by atoms with E-state index in [1.54, 1.807) is 6.42 Å². The van der Waals surface area contributed by atoms with Gasteiger partial charge in [0.2, 0.25) is 0 Å². The molecule has 0 bridgehead atoms. The molecular formula is C14H26. The summed E-state index contributed by atoms with van der Waals surface area (Å²) < 4.78 is 0. The van der Waals surface area contributed by atoms with Gasteiger partial charge in [-0.1, -0.05) is 47.0 Å². The monoisotopic (exact) mass is 194 g/mol. The third-order valence-corrected chi connectivity index (χ3v) is 5.62. The van der Waals surface area contributed by atoms with Crippen molar-refractivity contribution in [3.63, 3.8) is 0 Å². The second-order valence-corrected chi connectivity index (χ2v) is 5.57. The molecule has 0 aromatic rings. The highest BCUT2D eigenvalue weighted by Gasteiger charge is 2.67. The molecule has 0 aromatic carbocycles. The Morgan fingerprint density at radius 3 is 2.14 bits per heavy atom. The Labute approximate surface area is 89.5 Å². The molecule has 0 heterocycles. The minimum atomic E-state index is 0.816. The summed E-state index contributed by atoms with van der Waals surface area (Å²) in [5.41, 5.74) is 0.816. The van der Waals surface area contributed by atoms with E-state index in [9.17, 15) is 0 Å². The van der Waals surface area contributed by atoms with E-state index in [-0.39, 0.29) is 0 Å². The van der Waals surface area contributed by atoms with Crippen molar-refractivity contribution in [1.29, 1.82) is 0 Å². The van der Waals surface area contributed by atoms with Crippen LogP contribution in [0.1, 0.15) is 59.8 Å². The van der Waals surface area contributed by atoms with E-state index in [1.165, 1.54) is 25.7 Å².